The maximum absolute atomic E-state index is 14.1. The molecular formula is C49H78N14O13. The maximum Gasteiger partial charge on any atom is 0.333 e. The summed E-state index contributed by atoms with van der Waals surface area (Å²) in [4.78, 5) is 118. The van der Waals surface area contributed by atoms with Gasteiger partial charge in [0.2, 0.25) is 5.91 Å². The molecule has 27 heteroatoms. The fraction of sp³-hybridized carbons (Fsp3) is 0.592. The summed E-state index contributed by atoms with van der Waals surface area (Å²) in [5.41, 5.74) is -0.584. The Bertz CT molecular complexity index is 2210. The average Bonchev–Trinajstić information content (AvgIpc) is 3.71. The van der Waals surface area contributed by atoms with Gasteiger partial charge < -0.3 is 62.5 Å². The maximum atomic E-state index is 14.1. The molecule has 0 saturated carbocycles. The fourth-order valence-corrected chi connectivity index (χ4v) is 8.21. The highest BCUT2D eigenvalue weighted by Gasteiger charge is 2.33. The molecular weight excluding hydrogens is 993 g/mol. The van der Waals surface area contributed by atoms with Crippen LogP contribution in [0.1, 0.15) is 73.5 Å². The molecule has 76 heavy (non-hydrogen) atoms. The molecule has 1 fully saturated rings. The molecule has 2 aliphatic rings. The highest BCUT2D eigenvalue weighted by atomic mass is 16.7. The van der Waals surface area contributed by atoms with E-state index in [-0.39, 0.29) is 120 Å². The highest BCUT2D eigenvalue weighted by Crippen LogP contribution is 2.24. The number of phenolic OH excluding ortho intramolecular Hbond substituents is 2. The second kappa shape index (κ2) is 34.3. The average molecular weight is 1070 g/mol. The Morgan fingerprint density at radius 2 is 0.987 bits per heavy atom. The van der Waals surface area contributed by atoms with Crippen molar-refractivity contribution in [3.8, 4) is 11.5 Å². The van der Waals surface area contributed by atoms with Gasteiger partial charge in [0.1, 0.15) is 17.7 Å². The van der Waals surface area contributed by atoms with E-state index in [2.05, 4.69) is 57.7 Å². The Labute approximate surface area is 442 Å². The smallest absolute Gasteiger partial charge is 0.333 e. The van der Waals surface area contributed by atoms with Crippen molar-refractivity contribution in [3.05, 3.63) is 58.7 Å². The van der Waals surface area contributed by atoms with Gasteiger partial charge in [-0.25, -0.2) is 4.79 Å². The molecule has 13 N–H and O–H groups in total. The number of para-hydroxylation sites is 2. The summed E-state index contributed by atoms with van der Waals surface area (Å²) in [6.07, 6.45) is -1.95. The van der Waals surface area contributed by atoms with E-state index in [1.165, 1.54) is 36.4 Å². The van der Waals surface area contributed by atoms with Crippen LogP contribution in [0.2, 0.25) is 0 Å². The number of hydrogen-bond acceptors (Lipinski definition) is 21. The number of aliphatic hydroxyl groups is 2. The van der Waals surface area contributed by atoms with Crippen LogP contribution in [-0.2, 0) is 24.0 Å². The van der Waals surface area contributed by atoms with Crippen LogP contribution in [-0.4, -0.2) is 250 Å². The monoisotopic (exact) mass is 1070 g/mol. The molecule has 27 nitrogen and oxygen atoms in total. The molecule has 1 unspecified atom stereocenters. The third-order valence-corrected chi connectivity index (χ3v) is 12.5. The number of aromatic hydroxyl groups is 2. The first-order valence-corrected chi connectivity index (χ1v) is 25.7. The largest absolute Gasteiger partial charge is 0.506 e. The van der Waals surface area contributed by atoms with E-state index >= 15 is 0 Å². The fourth-order valence-electron chi connectivity index (χ4n) is 8.21. The number of imide groups is 1. The van der Waals surface area contributed by atoms with Gasteiger partial charge in [0, 0.05) is 150 Å². The number of hydroxylamine groups is 2. The van der Waals surface area contributed by atoms with Crippen molar-refractivity contribution in [3.63, 3.8) is 0 Å². The summed E-state index contributed by atoms with van der Waals surface area (Å²) in [5, 5.41) is 68.1. The zero-order valence-electron chi connectivity index (χ0n) is 43.6. The molecule has 2 aliphatic heterocycles. The minimum atomic E-state index is -1.16. The van der Waals surface area contributed by atoms with Crippen molar-refractivity contribution in [2.24, 2.45) is 0 Å². The van der Waals surface area contributed by atoms with Gasteiger partial charge in [0.25, 0.3) is 35.4 Å². The lowest BCUT2D eigenvalue weighted by Gasteiger charge is -2.31. The Morgan fingerprint density at radius 1 is 0.579 bits per heavy atom. The first kappa shape index (κ1) is 62.1. The summed E-state index contributed by atoms with van der Waals surface area (Å²) >= 11 is 0. The van der Waals surface area contributed by atoms with Crippen molar-refractivity contribution in [2.45, 2.75) is 38.3 Å². The number of nitrogens with zero attached hydrogens (tertiary/aromatic N) is 5. The minimum Gasteiger partial charge on any atom is -0.506 e. The summed E-state index contributed by atoms with van der Waals surface area (Å²) in [6.45, 7) is 6.71. The Hall–Kier alpha value is -6.40. The number of carbonyl (C=O) groups excluding carboxylic acids is 8. The quantitative estimate of drug-likeness (QED) is 0.0339. The van der Waals surface area contributed by atoms with E-state index in [1.807, 2.05) is 23.9 Å². The van der Waals surface area contributed by atoms with Crippen LogP contribution in [0.4, 0.5) is 0 Å². The number of hydrogen-bond donors (Lipinski definition) is 13. The molecule has 4 bridgehead atoms. The van der Waals surface area contributed by atoms with E-state index in [0.717, 1.165) is 0 Å². The topological polar surface area (TPSA) is 351 Å². The van der Waals surface area contributed by atoms with Crippen LogP contribution in [0, 0.1) is 0 Å². The van der Waals surface area contributed by atoms with Crippen LogP contribution < -0.4 is 47.9 Å². The van der Waals surface area contributed by atoms with E-state index in [1.54, 1.807) is 0 Å². The lowest BCUT2D eigenvalue weighted by Crippen LogP contribution is -2.55. The van der Waals surface area contributed by atoms with Crippen molar-refractivity contribution < 1.29 is 63.6 Å². The Kier molecular flexibility index (Phi) is 28.0. The summed E-state index contributed by atoms with van der Waals surface area (Å²) in [6, 6.07) is 8.51. The van der Waals surface area contributed by atoms with E-state index < -0.39 is 65.0 Å². The predicted octanol–water partition coefficient (Wildman–Crippen LogP) is -4.32. The van der Waals surface area contributed by atoms with E-state index in [9.17, 15) is 58.8 Å². The third kappa shape index (κ3) is 21.3. The number of rotatable bonds is 20. The molecule has 4 rings (SSSR count). The summed E-state index contributed by atoms with van der Waals surface area (Å²) in [7, 11) is 3.67. The number of amides is 7. The number of aliphatic hydroxyl groups excluding tert-OH is 2. The number of benzene rings is 2. The van der Waals surface area contributed by atoms with Crippen LogP contribution in [0.25, 0.3) is 0 Å². The standard InChI is InChI=1S/C49H78N14O13/c1-50-14-21-59-25-18-54-46(72)35-6-3-7-36(44(35)70)47(73)56-20-27-61(23-16-52-33-64)30-31-62(24-17-53-34-65)32-39(57-40(66)10-5-11-43(69)76-63-41(67)12-13-42(63)68)58-49(75)38-9-4-8-37(45(38)71)48(74)55-19-26-60(29-28-59)22-15-51-2/h3-4,6-9,39,50-53,64-65,70-71H,5,10-34H2,1-2H3,(H,54,72)(H,55,74)(H,56,73)(H,57,66)(H,58,75). The van der Waals surface area contributed by atoms with Crippen LogP contribution in [0.15, 0.2) is 36.4 Å². The van der Waals surface area contributed by atoms with Crippen molar-refractivity contribution >= 4 is 47.3 Å². The zero-order chi connectivity index (χ0) is 55.2. The number of phenols is 2. The number of carbonyl (C=O) groups is 8. The zero-order valence-corrected chi connectivity index (χ0v) is 43.6. The predicted molar refractivity (Wildman–Crippen MR) is 277 cm³/mol. The van der Waals surface area contributed by atoms with Crippen molar-refractivity contribution in [1.29, 1.82) is 0 Å². The van der Waals surface area contributed by atoms with E-state index in [0.29, 0.717) is 77.1 Å². The second-order valence-electron chi connectivity index (χ2n) is 18.0. The molecule has 2 aromatic carbocycles. The molecule has 0 radical (unpaired) electrons. The molecule has 0 aliphatic carbocycles. The first-order valence-electron chi connectivity index (χ1n) is 25.7. The Balaban J connectivity index is 1.63. The van der Waals surface area contributed by atoms with Crippen LogP contribution >= 0.6 is 0 Å². The van der Waals surface area contributed by atoms with E-state index in [4.69, 9.17) is 4.84 Å². The van der Waals surface area contributed by atoms with Gasteiger partial charge in [-0.05, 0) is 44.8 Å². The molecule has 0 spiro atoms. The molecule has 2 aromatic rings. The second-order valence-corrected chi connectivity index (χ2v) is 18.0. The minimum absolute atomic E-state index is 0.0489. The van der Waals surface area contributed by atoms with Gasteiger partial charge in [-0.3, -0.25) is 63.8 Å². The van der Waals surface area contributed by atoms with Crippen molar-refractivity contribution in [1.82, 2.24) is 72.5 Å². The summed E-state index contributed by atoms with van der Waals surface area (Å²) < 4.78 is 0. The van der Waals surface area contributed by atoms with Gasteiger partial charge in [-0.1, -0.05) is 12.1 Å². The Morgan fingerprint density at radius 3 is 1.42 bits per heavy atom. The SMILES string of the molecule is CNCCN1CCNC(=O)c2cccc(c2O)C(=O)NCCN(CCNCO)CCN(CCNCO)CC(NC(=O)CCCC(=O)ON2C(=O)CCC2=O)NC(=O)c2cccc(c2O)C(=O)NCCN(CCNC)CC1. The number of likely N-dealkylation sites (N-methyl/N-ethyl adjacent to an activating group) is 2. The number of fused-ring (bicyclic) bond motifs is 4. The molecule has 0 aromatic heterocycles. The number of nitrogens with one attached hydrogen (secondary N) is 9. The van der Waals surface area contributed by atoms with Crippen LogP contribution in [0.5, 0.6) is 11.5 Å². The molecule has 7 amide bonds. The van der Waals surface area contributed by atoms with Gasteiger partial charge >= 0.3 is 5.97 Å². The van der Waals surface area contributed by atoms with Gasteiger partial charge in [-0.15, -0.1) is 5.06 Å². The van der Waals surface area contributed by atoms with Crippen LogP contribution in [0.3, 0.4) is 0 Å². The molecule has 1 atom stereocenters. The lowest BCUT2D eigenvalue weighted by atomic mass is 10.1. The van der Waals surface area contributed by atoms with Gasteiger partial charge in [0.15, 0.2) is 0 Å². The van der Waals surface area contributed by atoms with Gasteiger partial charge in [-0.2, -0.15) is 0 Å². The highest BCUT2D eigenvalue weighted by molar-refractivity contribution is 6.05. The molecule has 1 saturated heterocycles. The van der Waals surface area contributed by atoms with Crippen molar-refractivity contribution in [2.75, 3.05) is 152 Å². The lowest BCUT2D eigenvalue weighted by molar-refractivity contribution is -0.197. The molecule has 422 valence electrons. The first-order chi connectivity index (χ1) is 36.7. The third-order valence-electron chi connectivity index (χ3n) is 12.5. The normalized spacial score (nSPS) is 18.4. The molecule has 2 heterocycles. The summed E-state index contributed by atoms with van der Waals surface area (Å²) in [5.74, 6) is -6.50. The van der Waals surface area contributed by atoms with Gasteiger partial charge in [0.05, 0.1) is 35.7 Å².